The fourth-order valence-corrected chi connectivity index (χ4v) is 2.25. The molecule has 104 valence electrons. The minimum atomic E-state index is -1.94. The highest BCUT2D eigenvalue weighted by atomic mass is 35.6. The van der Waals surface area contributed by atoms with Crippen molar-refractivity contribution in [1.82, 2.24) is 0 Å². The molecule has 0 spiro atoms. The minimum Gasteiger partial charge on any atom is -0.372 e. The third kappa shape index (κ3) is 4.16. The van der Waals surface area contributed by atoms with E-state index in [1.165, 1.54) is 19.3 Å². The second-order valence-electron chi connectivity index (χ2n) is 4.55. The molecule has 1 aliphatic rings. The van der Waals surface area contributed by atoms with E-state index in [0.717, 1.165) is 18.8 Å². The van der Waals surface area contributed by atoms with E-state index in [9.17, 15) is 4.79 Å². The summed E-state index contributed by atoms with van der Waals surface area (Å²) in [7, 11) is 0. The lowest BCUT2D eigenvalue weighted by Crippen LogP contribution is -2.29. The molecule has 1 aliphatic heterocycles. The van der Waals surface area contributed by atoms with Gasteiger partial charge in [0.2, 0.25) is 0 Å². The van der Waals surface area contributed by atoms with Crippen molar-refractivity contribution in [3.05, 3.63) is 24.3 Å². The number of nitrogens with one attached hydrogen (secondary N) is 1. The van der Waals surface area contributed by atoms with Gasteiger partial charge in [-0.25, -0.2) is 0 Å². The zero-order valence-electron chi connectivity index (χ0n) is 10.3. The summed E-state index contributed by atoms with van der Waals surface area (Å²) in [5.41, 5.74) is 1.78. The molecule has 1 saturated heterocycles. The molecule has 1 amide bonds. The second-order valence-corrected chi connectivity index (χ2v) is 6.83. The minimum absolute atomic E-state index is 0.622. The van der Waals surface area contributed by atoms with Crippen molar-refractivity contribution in [3.8, 4) is 0 Å². The standard InChI is InChI=1S/C13H15Cl3N2O/c14-13(15,16)12(19)17-10-4-6-11(7-5-10)18-8-2-1-3-9-18/h4-7H,1-3,8-9H2,(H,17,19). The quantitative estimate of drug-likeness (QED) is 0.836. The van der Waals surface area contributed by atoms with Crippen molar-refractivity contribution < 1.29 is 4.79 Å². The van der Waals surface area contributed by atoms with Gasteiger partial charge in [0.05, 0.1) is 0 Å². The molecular formula is C13H15Cl3N2O. The van der Waals surface area contributed by atoms with Gasteiger partial charge in [-0.3, -0.25) is 4.79 Å². The maximum absolute atomic E-state index is 11.5. The molecule has 0 saturated carbocycles. The Balaban J connectivity index is 2.00. The number of halogens is 3. The van der Waals surface area contributed by atoms with Gasteiger partial charge in [-0.05, 0) is 43.5 Å². The molecule has 1 aromatic carbocycles. The van der Waals surface area contributed by atoms with Crippen LogP contribution in [0.5, 0.6) is 0 Å². The van der Waals surface area contributed by atoms with Crippen LogP contribution in [-0.2, 0) is 4.79 Å². The van der Waals surface area contributed by atoms with E-state index in [1.807, 2.05) is 24.3 Å². The molecule has 1 fully saturated rings. The average molecular weight is 322 g/mol. The Labute approximate surface area is 127 Å². The van der Waals surface area contributed by atoms with Crippen LogP contribution in [0.1, 0.15) is 19.3 Å². The molecule has 1 heterocycles. The summed E-state index contributed by atoms with van der Waals surface area (Å²) in [6.45, 7) is 2.17. The molecule has 0 bridgehead atoms. The summed E-state index contributed by atoms with van der Waals surface area (Å²) in [6.07, 6.45) is 3.76. The van der Waals surface area contributed by atoms with E-state index in [2.05, 4.69) is 10.2 Å². The number of rotatable bonds is 2. The number of carbonyl (C=O) groups is 1. The van der Waals surface area contributed by atoms with Crippen LogP contribution in [-0.4, -0.2) is 22.8 Å². The van der Waals surface area contributed by atoms with Crippen molar-refractivity contribution in [2.24, 2.45) is 0 Å². The monoisotopic (exact) mass is 320 g/mol. The molecule has 0 atom stereocenters. The maximum Gasteiger partial charge on any atom is 0.276 e. The van der Waals surface area contributed by atoms with Crippen molar-refractivity contribution >= 4 is 52.1 Å². The van der Waals surface area contributed by atoms with Gasteiger partial charge in [0.15, 0.2) is 0 Å². The first-order chi connectivity index (χ1) is 8.97. The third-order valence-corrected chi connectivity index (χ3v) is 3.62. The first kappa shape index (κ1) is 14.8. The molecule has 1 N–H and O–H groups in total. The van der Waals surface area contributed by atoms with Gasteiger partial charge in [-0.15, -0.1) is 0 Å². The Bertz CT molecular complexity index is 436. The topological polar surface area (TPSA) is 32.3 Å². The van der Waals surface area contributed by atoms with Gasteiger partial charge in [-0.2, -0.15) is 0 Å². The molecular weight excluding hydrogens is 307 g/mol. The zero-order chi connectivity index (χ0) is 13.9. The van der Waals surface area contributed by atoms with Gasteiger partial charge < -0.3 is 10.2 Å². The molecule has 0 radical (unpaired) electrons. The molecule has 0 aromatic heterocycles. The fraction of sp³-hybridized carbons (Fsp3) is 0.462. The number of piperidine rings is 1. The van der Waals surface area contributed by atoms with E-state index >= 15 is 0 Å². The second kappa shape index (κ2) is 6.21. The first-order valence-corrected chi connectivity index (χ1v) is 7.33. The van der Waals surface area contributed by atoms with E-state index in [4.69, 9.17) is 34.8 Å². The smallest absolute Gasteiger partial charge is 0.276 e. The van der Waals surface area contributed by atoms with E-state index < -0.39 is 9.70 Å². The molecule has 19 heavy (non-hydrogen) atoms. The lowest BCUT2D eigenvalue weighted by Gasteiger charge is -2.28. The van der Waals surface area contributed by atoms with Crippen LogP contribution in [0, 0.1) is 0 Å². The molecule has 6 heteroatoms. The summed E-state index contributed by atoms with van der Waals surface area (Å²) < 4.78 is -1.94. The first-order valence-electron chi connectivity index (χ1n) is 6.20. The van der Waals surface area contributed by atoms with E-state index in [0.29, 0.717) is 5.69 Å². The third-order valence-electron chi connectivity index (χ3n) is 3.10. The highest BCUT2D eigenvalue weighted by Gasteiger charge is 2.30. The molecule has 1 aromatic rings. The lowest BCUT2D eigenvalue weighted by atomic mass is 10.1. The Morgan fingerprint density at radius 2 is 1.63 bits per heavy atom. The van der Waals surface area contributed by atoms with Gasteiger partial charge in [0.1, 0.15) is 0 Å². The number of benzene rings is 1. The van der Waals surface area contributed by atoms with Crippen LogP contribution in [0.4, 0.5) is 11.4 Å². The maximum atomic E-state index is 11.5. The van der Waals surface area contributed by atoms with E-state index in [1.54, 1.807) is 0 Å². The van der Waals surface area contributed by atoms with Crippen molar-refractivity contribution in [2.75, 3.05) is 23.3 Å². The van der Waals surface area contributed by atoms with E-state index in [-0.39, 0.29) is 0 Å². The lowest BCUT2D eigenvalue weighted by molar-refractivity contribution is -0.115. The van der Waals surface area contributed by atoms with Crippen LogP contribution in [0.3, 0.4) is 0 Å². The number of hydrogen-bond donors (Lipinski definition) is 1. The fourth-order valence-electron chi connectivity index (χ4n) is 2.11. The van der Waals surface area contributed by atoms with Crippen LogP contribution >= 0.6 is 34.8 Å². The number of amides is 1. The summed E-state index contributed by atoms with van der Waals surface area (Å²) in [6, 6.07) is 7.58. The number of alkyl halides is 3. The zero-order valence-corrected chi connectivity index (χ0v) is 12.6. The Kier molecular flexibility index (Phi) is 4.82. The number of anilines is 2. The van der Waals surface area contributed by atoms with Crippen LogP contribution in [0.25, 0.3) is 0 Å². The number of nitrogens with zero attached hydrogens (tertiary/aromatic N) is 1. The highest BCUT2D eigenvalue weighted by molar-refractivity contribution is 6.76. The predicted molar refractivity (Wildman–Crippen MR) is 81.4 cm³/mol. The Hall–Kier alpha value is -0.640. The molecule has 0 unspecified atom stereocenters. The Morgan fingerprint density at radius 1 is 1.05 bits per heavy atom. The van der Waals surface area contributed by atoms with Gasteiger partial charge in [-0.1, -0.05) is 34.8 Å². The highest BCUT2D eigenvalue weighted by Crippen LogP contribution is 2.28. The van der Waals surface area contributed by atoms with Gasteiger partial charge in [0, 0.05) is 24.5 Å². The Morgan fingerprint density at radius 3 is 2.16 bits per heavy atom. The van der Waals surface area contributed by atoms with Crippen LogP contribution in [0.2, 0.25) is 0 Å². The van der Waals surface area contributed by atoms with Gasteiger partial charge in [0.25, 0.3) is 9.70 Å². The van der Waals surface area contributed by atoms with Crippen molar-refractivity contribution in [2.45, 2.75) is 23.1 Å². The summed E-state index contributed by atoms with van der Waals surface area (Å²) >= 11 is 16.5. The normalized spacial score (nSPS) is 16.3. The summed E-state index contributed by atoms with van der Waals surface area (Å²) in [4.78, 5) is 13.8. The number of carbonyl (C=O) groups excluding carboxylic acids is 1. The number of hydrogen-bond acceptors (Lipinski definition) is 2. The largest absolute Gasteiger partial charge is 0.372 e. The van der Waals surface area contributed by atoms with Crippen LogP contribution < -0.4 is 10.2 Å². The van der Waals surface area contributed by atoms with Crippen molar-refractivity contribution in [3.63, 3.8) is 0 Å². The SMILES string of the molecule is O=C(Nc1ccc(N2CCCCC2)cc1)C(Cl)(Cl)Cl. The molecule has 2 rings (SSSR count). The molecule has 0 aliphatic carbocycles. The van der Waals surface area contributed by atoms with Crippen molar-refractivity contribution in [1.29, 1.82) is 0 Å². The van der Waals surface area contributed by atoms with Crippen LogP contribution in [0.15, 0.2) is 24.3 Å². The summed E-state index contributed by atoms with van der Waals surface area (Å²) in [5, 5.41) is 2.56. The molecule has 3 nitrogen and oxygen atoms in total. The average Bonchev–Trinajstić information content (AvgIpc) is 2.39. The predicted octanol–water partition coefficient (Wildman–Crippen LogP) is 3.99. The van der Waals surface area contributed by atoms with Gasteiger partial charge >= 0.3 is 0 Å². The summed E-state index contributed by atoms with van der Waals surface area (Å²) in [5.74, 6) is -0.650.